The van der Waals surface area contributed by atoms with Crippen molar-refractivity contribution in [3.8, 4) is 5.75 Å². The van der Waals surface area contributed by atoms with Gasteiger partial charge in [-0.3, -0.25) is 4.79 Å². The molecule has 1 aliphatic rings. The Morgan fingerprint density at radius 2 is 2.37 bits per heavy atom. The molecule has 104 valence electrons. The summed E-state index contributed by atoms with van der Waals surface area (Å²) in [5, 5.41) is 0.539. The maximum absolute atomic E-state index is 12.5. The van der Waals surface area contributed by atoms with Gasteiger partial charge >= 0.3 is 0 Å². The van der Waals surface area contributed by atoms with Crippen LogP contribution in [0.3, 0.4) is 0 Å². The quantitative estimate of drug-likeness (QED) is 0.863. The molecule has 1 aromatic carbocycles. The van der Waals surface area contributed by atoms with E-state index in [1.807, 2.05) is 16.7 Å². The highest BCUT2D eigenvalue weighted by Crippen LogP contribution is 2.26. The summed E-state index contributed by atoms with van der Waals surface area (Å²) < 4.78 is 5.26. The van der Waals surface area contributed by atoms with Gasteiger partial charge in [0.05, 0.1) is 12.7 Å². The SMILES string of the molecule is CCC1CN(C(=O)c2ccc(N)cc2OC)CCS1. The van der Waals surface area contributed by atoms with Gasteiger partial charge in [0.2, 0.25) is 0 Å². The van der Waals surface area contributed by atoms with Gasteiger partial charge in [-0.2, -0.15) is 11.8 Å². The fraction of sp³-hybridized carbons (Fsp3) is 0.500. The molecule has 0 aliphatic carbocycles. The van der Waals surface area contributed by atoms with Gasteiger partial charge in [-0.05, 0) is 18.6 Å². The highest BCUT2D eigenvalue weighted by atomic mass is 32.2. The summed E-state index contributed by atoms with van der Waals surface area (Å²) in [6.07, 6.45) is 1.09. The number of ether oxygens (including phenoxy) is 1. The van der Waals surface area contributed by atoms with Crippen LogP contribution < -0.4 is 10.5 Å². The molecule has 1 fully saturated rings. The first-order valence-corrected chi connectivity index (χ1v) is 7.55. The molecule has 1 amide bonds. The van der Waals surface area contributed by atoms with Crippen LogP contribution in [0, 0.1) is 0 Å². The Bertz CT molecular complexity index is 465. The van der Waals surface area contributed by atoms with Crippen LogP contribution in [-0.2, 0) is 0 Å². The van der Waals surface area contributed by atoms with Gasteiger partial charge < -0.3 is 15.4 Å². The van der Waals surface area contributed by atoms with Gasteiger partial charge in [0.25, 0.3) is 5.91 Å². The lowest BCUT2D eigenvalue weighted by atomic mass is 10.1. The van der Waals surface area contributed by atoms with E-state index in [1.54, 1.807) is 25.3 Å². The lowest BCUT2D eigenvalue weighted by molar-refractivity contribution is 0.0757. The van der Waals surface area contributed by atoms with Crippen LogP contribution in [0.1, 0.15) is 23.7 Å². The number of methoxy groups -OCH3 is 1. The summed E-state index contributed by atoms with van der Waals surface area (Å²) >= 11 is 1.95. The van der Waals surface area contributed by atoms with Crippen LogP contribution in [0.25, 0.3) is 0 Å². The number of nitrogens with two attached hydrogens (primary N) is 1. The van der Waals surface area contributed by atoms with Crippen molar-refractivity contribution in [2.24, 2.45) is 0 Å². The maximum Gasteiger partial charge on any atom is 0.257 e. The highest BCUT2D eigenvalue weighted by Gasteiger charge is 2.25. The first kappa shape index (κ1) is 14.1. The molecule has 0 bridgehead atoms. The van der Waals surface area contributed by atoms with E-state index in [4.69, 9.17) is 10.5 Å². The summed E-state index contributed by atoms with van der Waals surface area (Å²) in [4.78, 5) is 14.5. The third-order valence-electron chi connectivity index (χ3n) is 3.34. The molecule has 2 N–H and O–H groups in total. The molecular weight excluding hydrogens is 260 g/mol. The van der Waals surface area contributed by atoms with E-state index in [-0.39, 0.29) is 5.91 Å². The number of nitrogen functional groups attached to an aromatic ring is 1. The number of hydrogen-bond donors (Lipinski definition) is 1. The minimum Gasteiger partial charge on any atom is -0.496 e. The van der Waals surface area contributed by atoms with Crippen molar-refractivity contribution >= 4 is 23.4 Å². The van der Waals surface area contributed by atoms with Crippen molar-refractivity contribution < 1.29 is 9.53 Å². The predicted octanol–water partition coefficient (Wildman–Crippen LogP) is 2.25. The first-order valence-electron chi connectivity index (χ1n) is 6.50. The molecule has 1 aromatic rings. The van der Waals surface area contributed by atoms with Crippen molar-refractivity contribution in [1.82, 2.24) is 4.90 Å². The third-order valence-corrected chi connectivity index (χ3v) is 4.71. The number of carbonyl (C=O) groups is 1. The molecule has 1 unspecified atom stereocenters. The van der Waals surface area contributed by atoms with E-state index < -0.39 is 0 Å². The van der Waals surface area contributed by atoms with Crippen molar-refractivity contribution in [3.05, 3.63) is 23.8 Å². The number of thioether (sulfide) groups is 1. The Kier molecular flexibility index (Phi) is 4.58. The Balaban J connectivity index is 2.19. The minimum absolute atomic E-state index is 0.0376. The van der Waals surface area contributed by atoms with Crippen molar-refractivity contribution in [1.29, 1.82) is 0 Å². The predicted molar refractivity (Wildman–Crippen MR) is 79.8 cm³/mol. The van der Waals surface area contributed by atoms with Crippen molar-refractivity contribution in [2.45, 2.75) is 18.6 Å². The second-order valence-corrected chi connectivity index (χ2v) is 6.02. The first-order chi connectivity index (χ1) is 9.15. The summed E-state index contributed by atoms with van der Waals surface area (Å²) in [5.74, 6) is 1.59. The molecule has 5 heteroatoms. The Morgan fingerprint density at radius 1 is 1.58 bits per heavy atom. The molecule has 0 saturated carbocycles. The van der Waals surface area contributed by atoms with Gasteiger partial charge in [-0.1, -0.05) is 6.92 Å². The average Bonchev–Trinajstić information content (AvgIpc) is 2.46. The number of benzene rings is 1. The van der Waals surface area contributed by atoms with Crippen LogP contribution in [0.15, 0.2) is 18.2 Å². The Hall–Kier alpha value is -1.36. The van der Waals surface area contributed by atoms with Crippen LogP contribution in [0.5, 0.6) is 5.75 Å². The maximum atomic E-state index is 12.5. The molecular formula is C14H20N2O2S. The lowest BCUT2D eigenvalue weighted by Gasteiger charge is -2.32. The van der Waals surface area contributed by atoms with Crippen LogP contribution in [0.2, 0.25) is 0 Å². The summed E-state index contributed by atoms with van der Waals surface area (Å²) in [6.45, 7) is 3.77. The monoisotopic (exact) mass is 280 g/mol. The number of anilines is 1. The standard InChI is InChI=1S/C14H20N2O2S/c1-3-11-9-16(6-7-19-11)14(17)12-5-4-10(15)8-13(12)18-2/h4-5,8,11H,3,6-7,9,15H2,1-2H3. The van der Waals surface area contributed by atoms with Crippen molar-refractivity contribution in [2.75, 3.05) is 31.7 Å². The average molecular weight is 280 g/mol. The van der Waals surface area contributed by atoms with Crippen molar-refractivity contribution in [3.63, 3.8) is 0 Å². The fourth-order valence-electron chi connectivity index (χ4n) is 2.21. The van der Waals surface area contributed by atoms with E-state index >= 15 is 0 Å². The van der Waals surface area contributed by atoms with Crippen LogP contribution in [-0.4, -0.2) is 42.0 Å². The molecule has 1 heterocycles. The molecule has 2 rings (SSSR count). The van der Waals surface area contributed by atoms with Gasteiger partial charge in [-0.25, -0.2) is 0 Å². The number of nitrogens with zero attached hydrogens (tertiary/aromatic N) is 1. The molecule has 0 aromatic heterocycles. The van der Waals surface area contributed by atoms with E-state index in [0.717, 1.165) is 25.3 Å². The minimum atomic E-state index is 0.0376. The number of hydrogen-bond acceptors (Lipinski definition) is 4. The molecule has 0 radical (unpaired) electrons. The van der Waals surface area contributed by atoms with Crippen LogP contribution >= 0.6 is 11.8 Å². The zero-order valence-electron chi connectivity index (χ0n) is 11.4. The van der Waals surface area contributed by atoms with E-state index in [9.17, 15) is 4.79 Å². The number of rotatable bonds is 3. The molecule has 1 aliphatic heterocycles. The number of carbonyl (C=O) groups excluding carboxylic acids is 1. The van der Waals surface area contributed by atoms with Gasteiger partial charge in [0.1, 0.15) is 5.75 Å². The second kappa shape index (κ2) is 6.19. The van der Waals surface area contributed by atoms with Crippen LogP contribution in [0.4, 0.5) is 5.69 Å². The molecule has 1 saturated heterocycles. The molecule has 1 atom stereocenters. The number of amides is 1. The summed E-state index contributed by atoms with van der Waals surface area (Å²) in [5.41, 5.74) is 6.92. The smallest absolute Gasteiger partial charge is 0.257 e. The van der Waals surface area contributed by atoms with Gasteiger partial charge in [-0.15, -0.1) is 0 Å². The highest BCUT2D eigenvalue weighted by molar-refractivity contribution is 8.00. The van der Waals surface area contributed by atoms with Gasteiger partial charge in [0.15, 0.2) is 0 Å². The summed E-state index contributed by atoms with van der Waals surface area (Å²) in [7, 11) is 1.56. The third kappa shape index (κ3) is 3.15. The topological polar surface area (TPSA) is 55.6 Å². The Labute approximate surface area is 118 Å². The normalized spacial score (nSPS) is 19.3. The Morgan fingerprint density at radius 3 is 3.05 bits per heavy atom. The van der Waals surface area contributed by atoms with Gasteiger partial charge in [0, 0.05) is 35.8 Å². The fourth-order valence-corrected chi connectivity index (χ4v) is 3.39. The zero-order chi connectivity index (χ0) is 13.8. The zero-order valence-corrected chi connectivity index (χ0v) is 12.2. The molecule has 19 heavy (non-hydrogen) atoms. The lowest BCUT2D eigenvalue weighted by Crippen LogP contribution is -2.41. The largest absolute Gasteiger partial charge is 0.496 e. The summed E-state index contributed by atoms with van der Waals surface area (Å²) in [6, 6.07) is 5.19. The van der Waals surface area contributed by atoms with E-state index in [0.29, 0.717) is 22.3 Å². The van der Waals surface area contributed by atoms with E-state index in [1.165, 1.54) is 0 Å². The molecule has 4 nitrogen and oxygen atoms in total. The molecule has 0 spiro atoms. The van der Waals surface area contributed by atoms with E-state index in [2.05, 4.69) is 6.92 Å². The second-order valence-electron chi connectivity index (χ2n) is 4.61.